The van der Waals surface area contributed by atoms with Crippen LogP contribution in [0.25, 0.3) is 0 Å². The van der Waals surface area contributed by atoms with Crippen molar-refractivity contribution in [3.05, 3.63) is 11.6 Å². The van der Waals surface area contributed by atoms with Crippen LogP contribution < -0.4 is 0 Å². The second-order valence-electron chi connectivity index (χ2n) is 5.84. The quantitative estimate of drug-likeness (QED) is 0.653. The zero-order chi connectivity index (χ0) is 12.8. The summed E-state index contributed by atoms with van der Waals surface area (Å²) in [6, 6.07) is 0. The van der Waals surface area contributed by atoms with Crippen LogP contribution in [0.1, 0.15) is 40.5 Å². The molecule has 0 spiro atoms. The predicted molar refractivity (Wildman–Crippen MR) is 66.5 cm³/mol. The zero-order valence-corrected chi connectivity index (χ0v) is 11.2. The van der Waals surface area contributed by atoms with E-state index in [0.717, 1.165) is 12.1 Å². The molecule has 1 amide bonds. The van der Waals surface area contributed by atoms with Crippen molar-refractivity contribution >= 4 is 11.7 Å². The molecule has 1 fully saturated rings. The van der Waals surface area contributed by atoms with Crippen LogP contribution in [-0.2, 0) is 9.59 Å². The number of carbonyl (C=O) groups is 2. The molecular formula is C14H21NO2. The minimum absolute atomic E-state index is 0.193. The number of Topliss-reactive ketones (excluding diaryl/α,β-unsaturated/α-hetero) is 1. The van der Waals surface area contributed by atoms with E-state index in [1.165, 1.54) is 0 Å². The molecule has 17 heavy (non-hydrogen) atoms. The fraction of sp³-hybridized carbons (Fsp3) is 0.714. The molecule has 3 nitrogen and oxygen atoms in total. The van der Waals surface area contributed by atoms with Crippen LogP contribution in [0.15, 0.2) is 11.6 Å². The van der Waals surface area contributed by atoms with Gasteiger partial charge in [0.1, 0.15) is 5.78 Å². The predicted octanol–water partition coefficient (Wildman–Crippen LogP) is 2.17. The lowest BCUT2D eigenvalue weighted by Gasteiger charge is -2.48. The van der Waals surface area contributed by atoms with E-state index in [-0.39, 0.29) is 11.7 Å². The summed E-state index contributed by atoms with van der Waals surface area (Å²) in [5.41, 5.74) is 0.115. The topological polar surface area (TPSA) is 37.4 Å². The first-order valence-electron chi connectivity index (χ1n) is 6.38. The lowest BCUT2D eigenvalue weighted by Crippen LogP contribution is -2.53. The number of ketones is 1. The minimum atomic E-state index is -0.470. The number of amides is 1. The third kappa shape index (κ3) is 1.55. The Hall–Kier alpha value is -1.12. The maximum Gasteiger partial charge on any atom is 0.232 e. The summed E-state index contributed by atoms with van der Waals surface area (Å²) in [4.78, 5) is 26.4. The summed E-state index contributed by atoms with van der Waals surface area (Å²) in [6.07, 6.45) is 3.28. The van der Waals surface area contributed by atoms with E-state index in [1.54, 1.807) is 0 Å². The Morgan fingerprint density at radius 2 is 1.94 bits per heavy atom. The van der Waals surface area contributed by atoms with Gasteiger partial charge in [0.05, 0.1) is 5.41 Å². The highest BCUT2D eigenvalue weighted by molar-refractivity contribution is 5.96. The van der Waals surface area contributed by atoms with Gasteiger partial charge in [0.15, 0.2) is 0 Å². The second-order valence-corrected chi connectivity index (χ2v) is 5.84. The van der Waals surface area contributed by atoms with Crippen LogP contribution in [-0.4, -0.2) is 29.7 Å². The lowest BCUT2D eigenvalue weighted by atomic mass is 9.58. The van der Waals surface area contributed by atoms with Crippen LogP contribution in [0.4, 0.5) is 0 Å². The molecule has 94 valence electrons. The van der Waals surface area contributed by atoms with E-state index in [2.05, 4.69) is 6.08 Å². The fourth-order valence-corrected chi connectivity index (χ4v) is 3.26. The molecule has 0 bridgehead atoms. The van der Waals surface area contributed by atoms with E-state index in [9.17, 15) is 9.59 Å². The standard InChI is InChI=1S/C14H21NO2/c1-5-15-9-7-10-13(2,3)11(16)6-8-14(10,4)12(15)17/h7H,5-6,8-9H2,1-4H3. The highest BCUT2D eigenvalue weighted by Crippen LogP contribution is 2.51. The zero-order valence-electron chi connectivity index (χ0n) is 11.2. The van der Waals surface area contributed by atoms with Crippen LogP contribution in [0, 0.1) is 10.8 Å². The molecule has 1 saturated carbocycles. The number of carbonyl (C=O) groups excluding carboxylic acids is 2. The Morgan fingerprint density at radius 1 is 1.29 bits per heavy atom. The summed E-state index contributed by atoms with van der Waals surface area (Å²) >= 11 is 0. The molecule has 2 aliphatic rings. The Morgan fingerprint density at radius 3 is 2.53 bits per heavy atom. The Labute approximate surface area is 103 Å². The first-order valence-corrected chi connectivity index (χ1v) is 6.38. The summed E-state index contributed by atoms with van der Waals surface area (Å²) in [6.45, 7) is 9.29. The molecule has 0 aromatic carbocycles. The van der Waals surface area contributed by atoms with E-state index < -0.39 is 10.8 Å². The van der Waals surface area contributed by atoms with Crippen molar-refractivity contribution in [3.8, 4) is 0 Å². The van der Waals surface area contributed by atoms with Crippen molar-refractivity contribution in [1.29, 1.82) is 0 Å². The molecule has 1 unspecified atom stereocenters. The van der Waals surface area contributed by atoms with Crippen molar-refractivity contribution < 1.29 is 9.59 Å². The number of fused-ring (bicyclic) bond motifs is 1. The van der Waals surface area contributed by atoms with Gasteiger partial charge in [-0.05, 0) is 39.7 Å². The molecule has 3 heteroatoms. The smallest absolute Gasteiger partial charge is 0.232 e. The van der Waals surface area contributed by atoms with E-state index in [0.29, 0.717) is 19.4 Å². The summed E-state index contributed by atoms with van der Waals surface area (Å²) in [7, 11) is 0. The highest BCUT2D eigenvalue weighted by Gasteiger charge is 2.52. The average Bonchev–Trinajstić information content (AvgIpc) is 2.27. The number of rotatable bonds is 1. The Balaban J connectivity index is 2.49. The SMILES string of the molecule is CCN1CC=C2C(C)(C)C(=O)CCC2(C)C1=O. The number of nitrogens with zero attached hydrogens (tertiary/aromatic N) is 1. The first-order chi connectivity index (χ1) is 7.84. The summed E-state index contributed by atoms with van der Waals surface area (Å²) < 4.78 is 0. The molecule has 1 heterocycles. The van der Waals surface area contributed by atoms with Crippen molar-refractivity contribution in [2.45, 2.75) is 40.5 Å². The normalized spacial score (nSPS) is 32.2. The maximum atomic E-state index is 12.5. The maximum absolute atomic E-state index is 12.5. The van der Waals surface area contributed by atoms with Gasteiger partial charge < -0.3 is 4.90 Å². The third-order valence-corrected chi connectivity index (χ3v) is 4.47. The largest absolute Gasteiger partial charge is 0.338 e. The summed E-state index contributed by atoms with van der Waals surface area (Å²) in [5.74, 6) is 0.456. The van der Waals surface area contributed by atoms with Gasteiger partial charge in [-0.2, -0.15) is 0 Å². The van der Waals surface area contributed by atoms with Gasteiger partial charge >= 0.3 is 0 Å². The van der Waals surface area contributed by atoms with Gasteiger partial charge in [-0.15, -0.1) is 0 Å². The molecule has 1 aliphatic heterocycles. The Bertz CT molecular complexity index is 408. The molecule has 1 atom stereocenters. The number of hydrogen-bond donors (Lipinski definition) is 0. The molecule has 1 aliphatic carbocycles. The van der Waals surface area contributed by atoms with Gasteiger partial charge in [-0.3, -0.25) is 9.59 Å². The third-order valence-electron chi connectivity index (χ3n) is 4.47. The molecule has 0 saturated heterocycles. The molecule has 0 aromatic heterocycles. The van der Waals surface area contributed by atoms with E-state index in [1.807, 2.05) is 32.6 Å². The molecule has 0 aromatic rings. The lowest BCUT2D eigenvalue weighted by molar-refractivity contribution is -0.144. The first kappa shape index (κ1) is 12.3. The fourth-order valence-electron chi connectivity index (χ4n) is 3.26. The van der Waals surface area contributed by atoms with Crippen molar-refractivity contribution in [3.63, 3.8) is 0 Å². The average molecular weight is 235 g/mol. The number of likely N-dealkylation sites (N-methyl/N-ethyl adjacent to an activating group) is 1. The van der Waals surface area contributed by atoms with Crippen molar-refractivity contribution in [2.75, 3.05) is 13.1 Å². The minimum Gasteiger partial charge on any atom is -0.338 e. The van der Waals surface area contributed by atoms with E-state index in [4.69, 9.17) is 0 Å². The highest BCUT2D eigenvalue weighted by atomic mass is 16.2. The van der Waals surface area contributed by atoms with Gasteiger partial charge in [0.2, 0.25) is 5.91 Å². The van der Waals surface area contributed by atoms with Crippen LogP contribution in [0.5, 0.6) is 0 Å². The van der Waals surface area contributed by atoms with Crippen LogP contribution >= 0.6 is 0 Å². The van der Waals surface area contributed by atoms with Crippen molar-refractivity contribution in [1.82, 2.24) is 4.90 Å². The van der Waals surface area contributed by atoms with Crippen LogP contribution in [0.3, 0.4) is 0 Å². The van der Waals surface area contributed by atoms with Gasteiger partial charge in [-0.25, -0.2) is 0 Å². The molecule has 0 N–H and O–H groups in total. The number of hydrogen-bond acceptors (Lipinski definition) is 2. The molecular weight excluding hydrogens is 214 g/mol. The van der Waals surface area contributed by atoms with Gasteiger partial charge in [-0.1, -0.05) is 6.08 Å². The van der Waals surface area contributed by atoms with Gasteiger partial charge in [0, 0.05) is 24.9 Å². The second kappa shape index (κ2) is 3.69. The molecule has 2 rings (SSSR count). The van der Waals surface area contributed by atoms with E-state index >= 15 is 0 Å². The monoisotopic (exact) mass is 235 g/mol. The Kier molecular flexibility index (Phi) is 2.68. The van der Waals surface area contributed by atoms with Gasteiger partial charge in [0.25, 0.3) is 0 Å². The molecule has 0 radical (unpaired) electrons. The van der Waals surface area contributed by atoms with Crippen molar-refractivity contribution in [2.24, 2.45) is 10.8 Å². The summed E-state index contributed by atoms with van der Waals surface area (Å²) in [5, 5.41) is 0. The van der Waals surface area contributed by atoms with Crippen LogP contribution in [0.2, 0.25) is 0 Å².